The van der Waals surface area contributed by atoms with Crippen molar-refractivity contribution in [2.24, 2.45) is 46.8 Å². The molecule has 0 bridgehead atoms. The van der Waals surface area contributed by atoms with E-state index < -0.39 is 37.3 Å². The number of hydrogen-bond acceptors (Lipinski definition) is 7. The largest absolute Gasteiger partial charge is 0.394 e. The molecule has 0 aromatic rings. The van der Waals surface area contributed by atoms with Gasteiger partial charge in [0, 0.05) is 10.5 Å². The molecule has 0 spiro atoms. The van der Waals surface area contributed by atoms with Crippen LogP contribution in [0.3, 0.4) is 0 Å². The molecule has 0 radical (unpaired) electrons. The van der Waals surface area contributed by atoms with E-state index in [4.69, 9.17) is 14.2 Å². The molecular formula is C36H61IO7. The van der Waals surface area contributed by atoms with Gasteiger partial charge in [0.15, 0.2) is 6.29 Å². The van der Waals surface area contributed by atoms with Gasteiger partial charge < -0.3 is 34.6 Å². The van der Waals surface area contributed by atoms with Gasteiger partial charge in [-0.25, -0.2) is 0 Å². The van der Waals surface area contributed by atoms with Crippen molar-refractivity contribution in [3.05, 3.63) is 11.6 Å². The Morgan fingerprint density at radius 1 is 1.05 bits per heavy atom. The molecule has 7 nitrogen and oxygen atoms in total. The molecule has 254 valence electrons. The number of fused-ring (bicyclic) bond motifs is 4. The molecule has 3 saturated carbocycles. The van der Waals surface area contributed by atoms with E-state index in [2.05, 4.69) is 63.3 Å². The van der Waals surface area contributed by atoms with Crippen LogP contribution in [0.4, 0.5) is 0 Å². The summed E-state index contributed by atoms with van der Waals surface area (Å²) in [4.78, 5) is 0. The van der Waals surface area contributed by atoms with E-state index in [9.17, 15) is 20.4 Å². The Morgan fingerprint density at radius 3 is 2.48 bits per heavy atom. The van der Waals surface area contributed by atoms with Gasteiger partial charge in [0.25, 0.3) is 0 Å². The number of alkyl halides is 1. The predicted octanol–water partition coefficient (Wildman–Crippen LogP) is 6.03. The van der Waals surface area contributed by atoms with Crippen molar-refractivity contribution in [3.63, 3.8) is 0 Å². The van der Waals surface area contributed by atoms with Gasteiger partial charge in [-0.2, -0.15) is 0 Å². The molecule has 1 aliphatic heterocycles. The SMILES string of the molecule is CCC(CCC(C)C(C)OC)C1CCC2CC3=CCC4C(C)C(OC5OC(CO)C(O)C(O)C5O)CCC4(C)C3CCC21I. The summed E-state index contributed by atoms with van der Waals surface area (Å²) in [5, 5.41) is 40.8. The molecule has 1 heterocycles. The third-order valence-electron chi connectivity index (χ3n) is 13.7. The second-order valence-corrected chi connectivity index (χ2v) is 17.7. The Kier molecular flexibility index (Phi) is 11.6. The predicted molar refractivity (Wildman–Crippen MR) is 180 cm³/mol. The van der Waals surface area contributed by atoms with Crippen LogP contribution in [0.1, 0.15) is 105 Å². The highest BCUT2D eigenvalue weighted by atomic mass is 127. The van der Waals surface area contributed by atoms with Crippen LogP contribution in [0.25, 0.3) is 0 Å². The summed E-state index contributed by atoms with van der Waals surface area (Å²) in [5.74, 6) is 4.31. The van der Waals surface area contributed by atoms with E-state index in [-0.39, 0.29) is 17.4 Å². The Hall–Kier alpha value is 0.190. The van der Waals surface area contributed by atoms with Crippen molar-refractivity contribution in [2.45, 2.75) is 152 Å². The Labute approximate surface area is 280 Å². The Morgan fingerprint density at radius 2 is 1.80 bits per heavy atom. The fourth-order valence-electron chi connectivity index (χ4n) is 10.5. The van der Waals surface area contributed by atoms with Crippen molar-refractivity contribution in [1.29, 1.82) is 0 Å². The third-order valence-corrected chi connectivity index (χ3v) is 16.0. The van der Waals surface area contributed by atoms with Crippen LogP contribution in [0.15, 0.2) is 11.6 Å². The molecule has 44 heavy (non-hydrogen) atoms. The Balaban J connectivity index is 1.27. The molecule has 1 saturated heterocycles. The fourth-order valence-corrected chi connectivity index (χ4v) is 12.2. The van der Waals surface area contributed by atoms with Gasteiger partial charge in [-0.15, -0.1) is 0 Å². The van der Waals surface area contributed by atoms with Crippen LogP contribution in [0.5, 0.6) is 0 Å². The summed E-state index contributed by atoms with van der Waals surface area (Å²) in [6.07, 6.45) is 10.1. The molecule has 0 amide bonds. The molecular weight excluding hydrogens is 671 g/mol. The highest BCUT2D eigenvalue weighted by Crippen LogP contribution is 2.64. The first kappa shape index (κ1) is 35.5. The minimum atomic E-state index is -1.41. The first-order valence-corrected chi connectivity index (χ1v) is 18.8. The van der Waals surface area contributed by atoms with Crippen LogP contribution < -0.4 is 0 Å². The molecule has 4 N–H and O–H groups in total. The lowest BCUT2D eigenvalue weighted by molar-refractivity contribution is -0.320. The quantitative estimate of drug-likeness (QED) is 0.124. The number of halogens is 1. The van der Waals surface area contributed by atoms with Crippen molar-refractivity contribution >= 4 is 22.6 Å². The van der Waals surface area contributed by atoms with Crippen LogP contribution >= 0.6 is 22.6 Å². The molecule has 0 aromatic heterocycles. The van der Waals surface area contributed by atoms with E-state index >= 15 is 0 Å². The standard InChI is InChI=1S/C36H61IO7/c1-7-23(9-8-20(2)22(4)42-6)28-13-11-25-18-24-10-12-26-21(3)29(15-16-35(26,5)27(24)14-17-36(25,28)37)43-34-33(41)32(40)31(39)30(19-38)44-34/h10,20-23,25-34,38-41H,7-9,11-19H2,1-6H3. The first-order chi connectivity index (χ1) is 20.9. The van der Waals surface area contributed by atoms with E-state index in [1.807, 2.05) is 7.11 Å². The van der Waals surface area contributed by atoms with E-state index in [0.717, 1.165) is 37.0 Å². The highest BCUT2D eigenvalue weighted by Gasteiger charge is 2.57. The number of ether oxygens (including phenoxy) is 3. The summed E-state index contributed by atoms with van der Waals surface area (Å²) < 4.78 is 18.1. The van der Waals surface area contributed by atoms with E-state index in [1.54, 1.807) is 5.57 Å². The van der Waals surface area contributed by atoms with Gasteiger partial charge in [-0.3, -0.25) is 0 Å². The summed E-state index contributed by atoms with van der Waals surface area (Å²) in [6, 6.07) is 0. The van der Waals surface area contributed by atoms with Crippen LogP contribution in [0, 0.1) is 46.8 Å². The highest BCUT2D eigenvalue weighted by molar-refractivity contribution is 14.1. The summed E-state index contributed by atoms with van der Waals surface area (Å²) in [5.41, 5.74) is 1.94. The number of allylic oxidation sites excluding steroid dienone is 2. The third kappa shape index (κ3) is 6.47. The minimum absolute atomic E-state index is 0.108. The molecule has 8 heteroatoms. The van der Waals surface area contributed by atoms with Crippen molar-refractivity contribution in [3.8, 4) is 0 Å². The molecule has 0 aromatic carbocycles. The second-order valence-electron chi connectivity index (χ2n) is 15.7. The van der Waals surface area contributed by atoms with E-state index in [0.29, 0.717) is 27.3 Å². The van der Waals surface area contributed by atoms with Crippen LogP contribution in [-0.2, 0) is 14.2 Å². The average Bonchev–Trinajstić information content (AvgIpc) is 3.23. The van der Waals surface area contributed by atoms with Gasteiger partial charge >= 0.3 is 0 Å². The van der Waals surface area contributed by atoms with Crippen LogP contribution in [0.2, 0.25) is 0 Å². The zero-order valence-electron chi connectivity index (χ0n) is 28.0. The molecule has 5 rings (SSSR count). The molecule has 5 aliphatic rings. The zero-order valence-corrected chi connectivity index (χ0v) is 30.2. The lowest BCUT2D eigenvalue weighted by atomic mass is 9.51. The Bertz CT molecular complexity index is 992. The maximum absolute atomic E-state index is 10.6. The summed E-state index contributed by atoms with van der Waals surface area (Å²) >= 11 is 2.95. The number of methoxy groups -OCH3 is 1. The van der Waals surface area contributed by atoms with Crippen molar-refractivity contribution in [1.82, 2.24) is 0 Å². The lowest BCUT2D eigenvalue weighted by Crippen LogP contribution is -2.60. The van der Waals surface area contributed by atoms with Gasteiger partial charge in [-0.1, -0.05) is 68.4 Å². The van der Waals surface area contributed by atoms with E-state index in [1.165, 1.54) is 51.4 Å². The molecule has 4 aliphatic carbocycles. The topological polar surface area (TPSA) is 109 Å². The maximum Gasteiger partial charge on any atom is 0.186 e. The lowest BCUT2D eigenvalue weighted by Gasteiger charge is -2.55. The van der Waals surface area contributed by atoms with Gasteiger partial charge in [0.2, 0.25) is 0 Å². The van der Waals surface area contributed by atoms with Gasteiger partial charge in [0.05, 0.1) is 18.8 Å². The molecule has 4 fully saturated rings. The number of aliphatic hydroxyl groups is 4. The normalized spacial score (nSPS) is 47.9. The van der Waals surface area contributed by atoms with Gasteiger partial charge in [-0.05, 0) is 118 Å². The fraction of sp³-hybridized carbons (Fsp3) is 0.944. The number of aliphatic hydroxyl groups excluding tert-OH is 4. The summed E-state index contributed by atoms with van der Waals surface area (Å²) in [7, 11) is 1.84. The summed E-state index contributed by atoms with van der Waals surface area (Å²) in [6.45, 7) is 11.4. The molecule has 16 unspecified atom stereocenters. The second kappa shape index (κ2) is 14.4. The van der Waals surface area contributed by atoms with Crippen molar-refractivity contribution in [2.75, 3.05) is 13.7 Å². The maximum atomic E-state index is 10.6. The van der Waals surface area contributed by atoms with Gasteiger partial charge in [0.1, 0.15) is 24.4 Å². The smallest absolute Gasteiger partial charge is 0.186 e. The average molecular weight is 733 g/mol. The number of hydrogen-bond donors (Lipinski definition) is 4. The van der Waals surface area contributed by atoms with Crippen molar-refractivity contribution < 1.29 is 34.6 Å². The monoisotopic (exact) mass is 732 g/mol. The van der Waals surface area contributed by atoms with Crippen LogP contribution in [-0.4, -0.2) is 80.5 Å². The molecule has 16 atom stereocenters. The number of rotatable bonds is 10. The minimum Gasteiger partial charge on any atom is -0.394 e. The first-order valence-electron chi connectivity index (χ1n) is 17.8. The zero-order chi connectivity index (χ0) is 32.0.